The van der Waals surface area contributed by atoms with Gasteiger partial charge in [-0.1, -0.05) is 34.1 Å². The first-order valence-corrected chi connectivity index (χ1v) is 4.99. The van der Waals surface area contributed by atoms with Crippen LogP contribution in [0.5, 0.6) is 0 Å². The summed E-state index contributed by atoms with van der Waals surface area (Å²) in [7, 11) is 0. The Morgan fingerprint density at radius 1 is 1.36 bits per heavy atom. The fourth-order valence-electron chi connectivity index (χ4n) is 0.676. The van der Waals surface area contributed by atoms with Gasteiger partial charge in [0.2, 0.25) is 0 Å². The van der Waals surface area contributed by atoms with Crippen LogP contribution in [0.1, 0.15) is 47.0 Å². The number of unbranched alkanes of at least 4 members (excludes halogenated alkanes) is 1. The lowest BCUT2D eigenvalue weighted by atomic mass is 9.97. The Bertz CT molecular complexity index is 189. The molecule has 0 unspecified atom stereocenters. The molecule has 0 aliphatic carbocycles. The molecule has 3 heteroatoms. The highest BCUT2D eigenvalue weighted by molar-refractivity contribution is 5.68. The Balaban J connectivity index is 3.54. The van der Waals surface area contributed by atoms with Crippen LogP contribution in [0, 0.1) is 5.41 Å². The van der Waals surface area contributed by atoms with Gasteiger partial charge in [0.15, 0.2) is 0 Å². The van der Waals surface area contributed by atoms with Crippen LogP contribution >= 0.6 is 0 Å². The predicted octanol–water partition coefficient (Wildman–Crippen LogP) is 3.21. The van der Waals surface area contributed by atoms with Crippen LogP contribution in [-0.4, -0.2) is 5.97 Å². The Kier molecular flexibility index (Phi) is 6.00. The van der Waals surface area contributed by atoms with Gasteiger partial charge in [0, 0.05) is 0 Å². The number of hydrogen-bond acceptors (Lipinski definition) is 3. The van der Waals surface area contributed by atoms with Crippen LogP contribution in [0.2, 0.25) is 0 Å². The van der Waals surface area contributed by atoms with E-state index in [1.807, 2.05) is 33.8 Å². The van der Waals surface area contributed by atoms with E-state index >= 15 is 0 Å². The van der Waals surface area contributed by atoms with Crippen LogP contribution < -0.4 is 0 Å². The standard InChI is InChI=1S/C11H20O3/c1-5-6-7-10(12)14-13-9-8-11(2,3)4/h8-9H,5-7H2,1-4H3. The molecule has 0 bridgehead atoms. The van der Waals surface area contributed by atoms with Crippen LogP contribution in [0.3, 0.4) is 0 Å². The molecule has 0 saturated heterocycles. The molecule has 3 nitrogen and oxygen atoms in total. The van der Waals surface area contributed by atoms with Crippen molar-refractivity contribution in [1.82, 2.24) is 0 Å². The first-order valence-electron chi connectivity index (χ1n) is 4.99. The highest BCUT2D eigenvalue weighted by atomic mass is 17.2. The third-order valence-electron chi connectivity index (χ3n) is 1.50. The van der Waals surface area contributed by atoms with E-state index in [0.29, 0.717) is 6.42 Å². The average Bonchev–Trinajstić information content (AvgIpc) is 2.07. The lowest BCUT2D eigenvalue weighted by Gasteiger charge is -2.10. The molecule has 0 aliphatic rings. The summed E-state index contributed by atoms with van der Waals surface area (Å²) >= 11 is 0. The summed E-state index contributed by atoms with van der Waals surface area (Å²) in [5, 5.41) is 0. The smallest absolute Gasteiger partial charge is 0.295 e. The molecule has 0 amide bonds. The molecule has 0 aliphatic heterocycles. The van der Waals surface area contributed by atoms with Crippen LogP contribution in [0.4, 0.5) is 0 Å². The molecular weight excluding hydrogens is 180 g/mol. The summed E-state index contributed by atoms with van der Waals surface area (Å²) in [5.74, 6) is -0.314. The Morgan fingerprint density at radius 3 is 2.50 bits per heavy atom. The minimum atomic E-state index is -0.314. The quantitative estimate of drug-likeness (QED) is 0.388. The van der Waals surface area contributed by atoms with Gasteiger partial charge in [-0.15, -0.1) is 0 Å². The van der Waals surface area contributed by atoms with Gasteiger partial charge in [0.1, 0.15) is 6.26 Å². The highest BCUT2D eigenvalue weighted by Gasteiger charge is 2.05. The van der Waals surface area contributed by atoms with Crippen LogP contribution in [0.15, 0.2) is 12.3 Å². The van der Waals surface area contributed by atoms with Crippen LogP contribution in [-0.2, 0) is 14.6 Å². The summed E-state index contributed by atoms with van der Waals surface area (Å²) in [6.45, 7) is 8.12. The van der Waals surface area contributed by atoms with Crippen molar-refractivity contribution in [2.24, 2.45) is 5.41 Å². The van der Waals surface area contributed by atoms with Gasteiger partial charge in [-0.25, -0.2) is 4.79 Å². The van der Waals surface area contributed by atoms with E-state index < -0.39 is 0 Å². The summed E-state index contributed by atoms with van der Waals surface area (Å²) < 4.78 is 0. The molecule has 0 N–H and O–H groups in total. The maximum Gasteiger partial charge on any atom is 0.355 e. The van der Waals surface area contributed by atoms with E-state index in [1.54, 1.807) is 0 Å². The zero-order valence-electron chi connectivity index (χ0n) is 9.50. The minimum Gasteiger partial charge on any atom is -0.295 e. The maximum absolute atomic E-state index is 10.9. The van der Waals surface area contributed by atoms with Gasteiger partial charge in [0.25, 0.3) is 0 Å². The van der Waals surface area contributed by atoms with Gasteiger partial charge in [-0.05, 0) is 17.9 Å². The summed E-state index contributed by atoms with van der Waals surface area (Å²) in [5.41, 5.74) is 0.0375. The van der Waals surface area contributed by atoms with Crippen molar-refractivity contribution in [2.45, 2.75) is 47.0 Å². The van der Waals surface area contributed by atoms with Crippen molar-refractivity contribution in [3.8, 4) is 0 Å². The third kappa shape index (κ3) is 9.10. The average molecular weight is 200 g/mol. The largest absolute Gasteiger partial charge is 0.355 e. The van der Waals surface area contributed by atoms with Crippen molar-refractivity contribution in [3.05, 3.63) is 12.3 Å². The molecule has 0 saturated carbocycles. The van der Waals surface area contributed by atoms with Gasteiger partial charge in [-0.2, -0.15) is 0 Å². The fraction of sp³-hybridized carbons (Fsp3) is 0.727. The number of rotatable bonds is 5. The monoisotopic (exact) mass is 200 g/mol. The molecular formula is C11H20O3. The summed E-state index contributed by atoms with van der Waals surface area (Å²) in [4.78, 5) is 20.1. The molecule has 0 radical (unpaired) electrons. The van der Waals surface area contributed by atoms with Gasteiger partial charge >= 0.3 is 5.97 Å². The maximum atomic E-state index is 10.9. The lowest BCUT2D eigenvalue weighted by Crippen LogP contribution is -2.03. The Hall–Kier alpha value is -0.990. The molecule has 0 rings (SSSR count). The van der Waals surface area contributed by atoms with Gasteiger partial charge < -0.3 is 0 Å². The SMILES string of the molecule is CCCCC(=O)OOC=CC(C)(C)C. The van der Waals surface area contributed by atoms with Crippen molar-refractivity contribution in [1.29, 1.82) is 0 Å². The molecule has 0 spiro atoms. The second kappa shape index (κ2) is 6.46. The van der Waals surface area contributed by atoms with E-state index in [-0.39, 0.29) is 11.4 Å². The minimum absolute atomic E-state index is 0.0375. The summed E-state index contributed by atoms with van der Waals surface area (Å²) in [6.07, 6.45) is 5.47. The first kappa shape index (κ1) is 13.0. The molecule has 82 valence electrons. The zero-order chi connectivity index (χ0) is 11.0. The Labute approximate surface area is 86.0 Å². The molecule has 0 fully saturated rings. The fourth-order valence-corrected chi connectivity index (χ4v) is 0.676. The molecule has 14 heavy (non-hydrogen) atoms. The van der Waals surface area contributed by atoms with Crippen LogP contribution in [0.25, 0.3) is 0 Å². The first-order chi connectivity index (χ1) is 6.45. The number of allylic oxidation sites excluding steroid dienone is 1. The molecule has 0 atom stereocenters. The van der Waals surface area contributed by atoms with E-state index in [9.17, 15) is 4.79 Å². The van der Waals surface area contributed by atoms with Gasteiger partial charge in [0.05, 0.1) is 6.42 Å². The lowest BCUT2D eigenvalue weighted by molar-refractivity contribution is -0.238. The summed E-state index contributed by atoms with van der Waals surface area (Å²) in [6, 6.07) is 0. The van der Waals surface area contributed by atoms with E-state index in [1.165, 1.54) is 6.26 Å². The number of carbonyl (C=O) groups is 1. The second-order valence-corrected chi connectivity index (χ2v) is 4.32. The van der Waals surface area contributed by atoms with E-state index in [2.05, 4.69) is 9.78 Å². The molecule has 0 aromatic carbocycles. The zero-order valence-corrected chi connectivity index (χ0v) is 9.50. The Morgan fingerprint density at radius 2 is 2.00 bits per heavy atom. The third-order valence-corrected chi connectivity index (χ3v) is 1.50. The van der Waals surface area contributed by atoms with Crippen molar-refractivity contribution >= 4 is 5.97 Å². The highest BCUT2D eigenvalue weighted by Crippen LogP contribution is 2.14. The predicted molar refractivity (Wildman–Crippen MR) is 55.3 cm³/mol. The topological polar surface area (TPSA) is 35.5 Å². The second-order valence-electron chi connectivity index (χ2n) is 4.32. The van der Waals surface area contributed by atoms with Gasteiger partial charge in [-0.3, -0.25) is 9.78 Å². The number of hydrogen-bond donors (Lipinski definition) is 0. The van der Waals surface area contributed by atoms with E-state index in [4.69, 9.17) is 0 Å². The van der Waals surface area contributed by atoms with E-state index in [0.717, 1.165) is 12.8 Å². The molecule has 0 aromatic rings. The normalized spacial score (nSPS) is 11.7. The van der Waals surface area contributed by atoms with Crippen molar-refractivity contribution < 1.29 is 14.6 Å². The number of carbonyl (C=O) groups excluding carboxylic acids is 1. The van der Waals surface area contributed by atoms with Crippen molar-refractivity contribution in [2.75, 3.05) is 0 Å². The molecule has 0 aromatic heterocycles. The molecule has 0 heterocycles. The van der Waals surface area contributed by atoms with Crippen molar-refractivity contribution in [3.63, 3.8) is 0 Å².